The van der Waals surface area contributed by atoms with Crippen LogP contribution in [0.2, 0.25) is 0 Å². The maximum Gasteiger partial charge on any atom is 0.0952 e. The molecule has 1 aliphatic rings. The first-order valence-electron chi connectivity index (χ1n) is 5.58. The molecule has 0 spiro atoms. The van der Waals surface area contributed by atoms with E-state index in [1.165, 1.54) is 19.3 Å². The highest BCUT2D eigenvalue weighted by Gasteiger charge is 2.22. The molecule has 15 heavy (non-hydrogen) atoms. The Labute approximate surface area is 90.4 Å². The quantitative estimate of drug-likeness (QED) is 0.820. The Balaban J connectivity index is 2.03. The van der Waals surface area contributed by atoms with Gasteiger partial charge in [0.2, 0.25) is 0 Å². The van der Waals surface area contributed by atoms with Gasteiger partial charge >= 0.3 is 0 Å². The minimum Gasteiger partial charge on any atom is -0.381 e. The molecule has 1 saturated carbocycles. The standard InChI is InChI=1S/C11H19N3O/c1-15-11-4-2-3-10(5-11)14-7-9(6-12)13-8-14/h7-8,10-11H,2-6,12H2,1H3. The molecule has 0 aromatic carbocycles. The molecule has 2 rings (SSSR count). The van der Waals surface area contributed by atoms with E-state index in [9.17, 15) is 0 Å². The van der Waals surface area contributed by atoms with Crippen LogP contribution in [-0.2, 0) is 11.3 Å². The van der Waals surface area contributed by atoms with Gasteiger partial charge in [0.15, 0.2) is 0 Å². The van der Waals surface area contributed by atoms with E-state index >= 15 is 0 Å². The van der Waals surface area contributed by atoms with Gasteiger partial charge in [-0.2, -0.15) is 0 Å². The van der Waals surface area contributed by atoms with Crippen LogP contribution in [0.15, 0.2) is 12.5 Å². The number of methoxy groups -OCH3 is 1. The second-order valence-corrected chi connectivity index (χ2v) is 4.19. The van der Waals surface area contributed by atoms with E-state index in [1.54, 1.807) is 7.11 Å². The van der Waals surface area contributed by atoms with Crippen molar-refractivity contribution in [1.82, 2.24) is 9.55 Å². The molecule has 1 heterocycles. The molecule has 1 aliphatic carbocycles. The Morgan fingerprint density at radius 1 is 1.60 bits per heavy atom. The van der Waals surface area contributed by atoms with Crippen molar-refractivity contribution in [3.05, 3.63) is 18.2 Å². The van der Waals surface area contributed by atoms with Gasteiger partial charge in [-0.05, 0) is 25.7 Å². The van der Waals surface area contributed by atoms with Gasteiger partial charge in [-0.25, -0.2) is 4.98 Å². The summed E-state index contributed by atoms with van der Waals surface area (Å²) in [6.07, 6.45) is 9.10. The molecule has 0 radical (unpaired) electrons. The lowest BCUT2D eigenvalue weighted by Crippen LogP contribution is -2.23. The first-order valence-corrected chi connectivity index (χ1v) is 5.58. The Kier molecular flexibility index (Phi) is 3.38. The smallest absolute Gasteiger partial charge is 0.0952 e. The van der Waals surface area contributed by atoms with Crippen LogP contribution in [0.3, 0.4) is 0 Å². The zero-order chi connectivity index (χ0) is 10.7. The summed E-state index contributed by atoms with van der Waals surface area (Å²) in [5, 5.41) is 0. The van der Waals surface area contributed by atoms with Crippen molar-refractivity contribution < 1.29 is 4.74 Å². The highest BCUT2D eigenvalue weighted by Crippen LogP contribution is 2.29. The number of hydrogen-bond donors (Lipinski definition) is 1. The predicted molar refractivity (Wildman–Crippen MR) is 58.4 cm³/mol. The van der Waals surface area contributed by atoms with Gasteiger partial charge in [0.25, 0.3) is 0 Å². The van der Waals surface area contributed by atoms with Crippen LogP contribution in [0.5, 0.6) is 0 Å². The van der Waals surface area contributed by atoms with Crippen molar-refractivity contribution in [2.75, 3.05) is 7.11 Å². The zero-order valence-corrected chi connectivity index (χ0v) is 9.22. The van der Waals surface area contributed by atoms with Crippen molar-refractivity contribution in [3.8, 4) is 0 Å². The molecule has 2 atom stereocenters. The van der Waals surface area contributed by atoms with E-state index in [0.29, 0.717) is 18.7 Å². The Bertz CT molecular complexity index is 311. The normalized spacial score (nSPS) is 26.8. The molecule has 1 aromatic rings. The molecular weight excluding hydrogens is 190 g/mol. The SMILES string of the molecule is COC1CCCC(n2cnc(CN)c2)C1. The fourth-order valence-corrected chi connectivity index (χ4v) is 2.29. The second kappa shape index (κ2) is 4.77. The average Bonchev–Trinajstić information content (AvgIpc) is 2.78. The number of imidazole rings is 1. The lowest BCUT2D eigenvalue weighted by molar-refractivity contribution is 0.0530. The molecule has 1 aromatic heterocycles. The first-order chi connectivity index (χ1) is 7.33. The van der Waals surface area contributed by atoms with Crippen LogP contribution >= 0.6 is 0 Å². The average molecular weight is 209 g/mol. The number of aromatic nitrogens is 2. The lowest BCUT2D eigenvalue weighted by atomic mass is 9.93. The number of nitrogens with zero attached hydrogens (tertiary/aromatic N) is 2. The van der Waals surface area contributed by atoms with Crippen molar-refractivity contribution in [1.29, 1.82) is 0 Å². The van der Waals surface area contributed by atoms with E-state index in [1.807, 2.05) is 6.33 Å². The topological polar surface area (TPSA) is 53.1 Å². The fourth-order valence-electron chi connectivity index (χ4n) is 2.29. The van der Waals surface area contributed by atoms with E-state index in [2.05, 4.69) is 15.7 Å². The van der Waals surface area contributed by atoms with Gasteiger partial charge in [0.1, 0.15) is 0 Å². The van der Waals surface area contributed by atoms with E-state index in [0.717, 1.165) is 12.1 Å². The van der Waals surface area contributed by atoms with Crippen LogP contribution in [0.1, 0.15) is 37.4 Å². The Morgan fingerprint density at radius 2 is 2.47 bits per heavy atom. The van der Waals surface area contributed by atoms with Crippen molar-refractivity contribution >= 4 is 0 Å². The molecule has 4 heteroatoms. The van der Waals surface area contributed by atoms with Crippen LogP contribution < -0.4 is 5.73 Å². The summed E-state index contributed by atoms with van der Waals surface area (Å²) in [7, 11) is 1.80. The number of ether oxygens (including phenoxy) is 1. The third-order valence-electron chi connectivity index (χ3n) is 3.22. The molecule has 0 aliphatic heterocycles. The lowest BCUT2D eigenvalue weighted by Gasteiger charge is -2.28. The summed E-state index contributed by atoms with van der Waals surface area (Å²) in [6, 6.07) is 0.538. The third-order valence-corrected chi connectivity index (χ3v) is 3.22. The van der Waals surface area contributed by atoms with Gasteiger partial charge in [-0.1, -0.05) is 0 Å². The first kappa shape index (κ1) is 10.6. The van der Waals surface area contributed by atoms with Gasteiger partial charge in [0.05, 0.1) is 18.1 Å². The van der Waals surface area contributed by atoms with Crippen LogP contribution in [0.4, 0.5) is 0 Å². The van der Waals surface area contributed by atoms with Gasteiger partial charge in [0, 0.05) is 25.9 Å². The van der Waals surface area contributed by atoms with E-state index in [-0.39, 0.29) is 0 Å². The summed E-state index contributed by atoms with van der Waals surface area (Å²) in [5.41, 5.74) is 6.51. The summed E-state index contributed by atoms with van der Waals surface area (Å²) >= 11 is 0. The number of hydrogen-bond acceptors (Lipinski definition) is 3. The number of nitrogens with two attached hydrogens (primary N) is 1. The van der Waals surface area contributed by atoms with Crippen molar-refractivity contribution in [3.63, 3.8) is 0 Å². The molecule has 2 N–H and O–H groups in total. The van der Waals surface area contributed by atoms with Crippen LogP contribution in [0.25, 0.3) is 0 Å². The van der Waals surface area contributed by atoms with Gasteiger partial charge < -0.3 is 15.0 Å². The third kappa shape index (κ3) is 2.38. The minimum atomic E-state index is 0.410. The minimum absolute atomic E-state index is 0.410. The molecule has 0 amide bonds. The monoisotopic (exact) mass is 209 g/mol. The summed E-state index contributed by atoms with van der Waals surface area (Å²) in [6.45, 7) is 0.521. The largest absolute Gasteiger partial charge is 0.381 e. The summed E-state index contributed by atoms with van der Waals surface area (Å²) in [4.78, 5) is 4.26. The van der Waals surface area contributed by atoms with Crippen molar-refractivity contribution in [2.45, 2.75) is 44.4 Å². The molecule has 1 fully saturated rings. The van der Waals surface area contributed by atoms with Gasteiger partial charge in [-0.15, -0.1) is 0 Å². The molecule has 0 saturated heterocycles. The van der Waals surface area contributed by atoms with Crippen LogP contribution in [0, 0.1) is 0 Å². The summed E-state index contributed by atoms with van der Waals surface area (Å²) < 4.78 is 7.61. The molecule has 84 valence electrons. The van der Waals surface area contributed by atoms with E-state index in [4.69, 9.17) is 10.5 Å². The molecular formula is C11H19N3O. The Morgan fingerprint density at radius 3 is 3.13 bits per heavy atom. The Hall–Kier alpha value is -0.870. The highest BCUT2D eigenvalue weighted by molar-refractivity contribution is 4.98. The van der Waals surface area contributed by atoms with Gasteiger partial charge in [-0.3, -0.25) is 0 Å². The second-order valence-electron chi connectivity index (χ2n) is 4.19. The fraction of sp³-hybridized carbons (Fsp3) is 0.727. The zero-order valence-electron chi connectivity index (χ0n) is 9.22. The predicted octanol–water partition coefficient (Wildman–Crippen LogP) is 1.47. The molecule has 4 nitrogen and oxygen atoms in total. The maximum absolute atomic E-state index is 5.55. The summed E-state index contributed by atoms with van der Waals surface area (Å²) in [5.74, 6) is 0. The van der Waals surface area contributed by atoms with E-state index < -0.39 is 0 Å². The molecule has 2 unspecified atom stereocenters. The maximum atomic E-state index is 5.55. The molecule has 0 bridgehead atoms. The highest BCUT2D eigenvalue weighted by atomic mass is 16.5. The van der Waals surface area contributed by atoms with Crippen molar-refractivity contribution in [2.24, 2.45) is 5.73 Å². The van der Waals surface area contributed by atoms with Crippen LogP contribution in [-0.4, -0.2) is 22.8 Å². The number of rotatable bonds is 3.